The fourth-order valence-electron chi connectivity index (χ4n) is 1.06. The van der Waals surface area contributed by atoms with Gasteiger partial charge in [-0.1, -0.05) is 0 Å². The number of hydrogen-bond acceptors (Lipinski definition) is 6. The van der Waals surface area contributed by atoms with Crippen LogP contribution in [0.1, 0.15) is 6.42 Å². The second kappa shape index (κ2) is 6.29. The zero-order valence-corrected chi connectivity index (χ0v) is 9.70. The summed E-state index contributed by atoms with van der Waals surface area (Å²) in [6.07, 6.45) is 0.903. The maximum Gasteiger partial charge on any atom is 0.311 e. The second-order valence-corrected chi connectivity index (χ2v) is 4.12. The molecule has 2 N–H and O–H groups in total. The van der Waals surface area contributed by atoms with Crippen molar-refractivity contribution >= 4 is 23.3 Å². The van der Waals surface area contributed by atoms with Crippen LogP contribution in [0.25, 0.3) is 0 Å². The lowest BCUT2D eigenvalue weighted by Crippen LogP contribution is -1.99. The van der Waals surface area contributed by atoms with Crippen molar-refractivity contribution in [3.05, 3.63) is 22.2 Å². The van der Waals surface area contributed by atoms with Crippen molar-refractivity contribution in [2.24, 2.45) is 0 Å². The molecule has 0 bridgehead atoms. The van der Waals surface area contributed by atoms with E-state index in [2.05, 4.69) is 4.98 Å². The summed E-state index contributed by atoms with van der Waals surface area (Å²) in [5.41, 5.74) is 5.31. The number of nitro groups is 1. The number of pyridine rings is 1. The monoisotopic (exact) mass is 243 g/mol. The second-order valence-electron chi connectivity index (χ2n) is 3.01. The van der Waals surface area contributed by atoms with Crippen LogP contribution in [0.5, 0.6) is 0 Å². The highest BCUT2D eigenvalue weighted by Crippen LogP contribution is 2.24. The summed E-state index contributed by atoms with van der Waals surface area (Å²) in [5.74, 6) is 0.805. The Balaban J connectivity index is 2.56. The summed E-state index contributed by atoms with van der Waals surface area (Å²) in [6.45, 7) is 0.690. The minimum absolute atomic E-state index is 0.0401. The highest BCUT2D eigenvalue weighted by atomic mass is 32.2. The van der Waals surface area contributed by atoms with Gasteiger partial charge in [0.15, 0.2) is 0 Å². The van der Waals surface area contributed by atoms with Gasteiger partial charge in [-0.2, -0.15) is 0 Å². The normalized spacial score (nSPS) is 10.3. The predicted octanol–water partition coefficient (Wildman–Crippen LogP) is 1.70. The molecular formula is C9H13N3O3S. The number of hydrogen-bond donors (Lipinski definition) is 1. The molecule has 0 amide bonds. The minimum atomic E-state index is -0.540. The maximum atomic E-state index is 10.5. The quantitative estimate of drug-likeness (QED) is 0.354. The van der Waals surface area contributed by atoms with E-state index in [0.717, 1.165) is 12.2 Å². The third kappa shape index (κ3) is 3.67. The Hall–Kier alpha value is -1.34. The molecule has 0 aliphatic carbocycles. The van der Waals surface area contributed by atoms with E-state index >= 15 is 0 Å². The fraction of sp³-hybridized carbons (Fsp3) is 0.444. The van der Waals surface area contributed by atoms with Gasteiger partial charge in [-0.25, -0.2) is 4.98 Å². The van der Waals surface area contributed by atoms with Crippen molar-refractivity contribution in [2.75, 3.05) is 25.2 Å². The lowest BCUT2D eigenvalue weighted by Gasteiger charge is -2.02. The first-order chi connectivity index (χ1) is 7.65. The number of methoxy groups -OCH3 is 1. The first-order valence-electron chi connectivity index (χ1n) is 4.68. The molecule has 0 aliphatic heterocycles. The number of ether oxygens (including phenoxy) is 1. The Morgan fingerprint density at radius 3 is 2.94 bits per heavy atom. The summed E-state index contributed by atoms with van der Waals surface area (Å²) in [5, 5.41) is 11.2. The SMILES string of the molecule is COCCCSc1ccc([N+](=O)[O-])c(N)n1. The van der Waals surface area contributed by atoms with Gasteiger partial charge in [0.2, 0.25) is 5.82 Å². The van der Waals surface area contributed by atoms with E-state index < -0.39 is 4.92 Å². The Labute approximate surface area is 97.3 Å². The number of nitrogen functional groups attached to an aromatic ring is 1. The molecule has 0 atom stereocenters. The predicted molar refractivity (Wildman–Crippen MR) is 62.5 cm³/mol. The van der Waals surface area contributed by atoms with Gasteiger partial charge in [-0.15, -0.1) is 11.8 Å². The molecule has 0 aromatic carbocycles. The molecule has 0 unspecified atom stereocenters. The van der Waals surface area contributed by atoms with Crippen molar-refractivity contribution < 1.29 is 9.66 Å². The molecule has 0 aliphatic rings. The zero-order valence-electron chi connectivity index (χ0n) is 8.88. The molecule has 0 saturated carbocycles. The summed E-state index contributed by atoms with van der Waals surface area (Å²) in [7, 11) is 1.65. The van der Waals surface area contributed by atoms with E-state index in [1.165, 1.54) is 17.8 Å². The van der Waals surface area contributed by atoms with Crippen LogP contribution >= 0.6 is 11.8 Å². The van der Waals surface area contributed by atoms with Gasteiger partial charge in [-0.05, 0) is 12.5 Å². The van der Waals surface area contributed by atoms with Gasteiger partial charge in [0.1, 0.15) is 0 Å². The Bertz CT molecular complexity index is 373. The molecule has 88 valence electrons. The van der Waals surface area contributed by atoms with E-state index in [0.29, 0.717) is 11.6 Å². The van der Waals surface area contributed by atoms with Crippen LogP contribution in [0.3, 0.4) is 0 Å². The Morgan fingerprint density at radius 2 is 2.38 bits per heavy atom. The number of nitrogens with zero attached hydrogens (tertiary/aromatic N) is 2. The van der Waals surface area contributed by atoms with Gasteiger partial charge in [0.25, 0.3) is 0 Å². The van der Waals surface area contributed by atoms with Crippen molar-refractivity contribution in [2.45, 2.75) is 11.4 Å². The van der Waals surface area contributed by atoms with Gasteiger partial charge < -0.3 is 10.5 Å². The van der Waals surface area contributed by atoms with Crippen LogP contribution in [0.15, 0.2) is 17.2 Å². The lowest BCUT2D eigenvalue weighted by atomic mass is 10.4. The van der Waals surface area contributed by atoms with Gasteiger partial charge in [-0.3, -0.25) is 10.1 Å². The van der Waals surface area contributed by atoms with Crippen molar-refractivity contribution in [3.8, 4) is 0 Å². The maximum absolute atomic E-state index is 10.5. The molecule has 0 radical (unpaired) electrons. The van der Waals surface area contributed by atoms with Crippen molar-refractivity contribution in [1.29, 1.82) is 0 Å². The third-order valence-corrected chi connectivity index (χ3v) is 2.83. The highest BCUT2D eigenvalue weighted by Gasteiger charge is 2.12. The Morgan fingerprint density at radius 1 is 1.62 bits per heavy atom. The molecule has 0 spiro atoms. The number of anilines is 1. The fourth-order valence-corrected chi connectivity index (χ4v) is 1.86. The number of nitrogens with two attached hydrogens (primary N) is 1. The van der Waals surface area contributed by atoms with Crippen LogP contribution in [-0.2, 0) is 4.74 Å². The summed E-state index contributed by atoms with van der Waals surface area (Å²) < 4.78 is 4.91. The van der Waals surface area contributed by atoms with E-state index in [1.807, 2.05) is 0 Å². The van der Waals surface area contributed by atoms with E-state index in [4.69, 9.17) is 10.5 Å². The standard InChI is InChI=1S/C9H13N3O3S/c1-15-5-2-6-16-8-4-3-7(12(13)14)9(10)11-8/h3-4H,2,5-6H2,1H3,(H2,10,11). The average molecular weight is 243 g/mol. The van der Waals surface area contributed by atoms with Crippen LogP contribution in [-0.4, -0.2) is 29.4 Å². The number of aromatic nitrogens is 1. The summed E-state index contributed by atoms with van der Waals surface area (Å²) in [6, 6.07) is 2.98. The number of thioether (sulfide) groups is 1. The highest BCUT2D eigenvalue weighted by molar-refractivity contribution is 7.99. The lowest BCUT2D eigenvalue weighted by molar-refractivity contribution is -0.384. The molecular weight excluding hydrogens is 230 g/mol. The van der Waals surface area contributed by atoms with Crippen LogP contribution in [0.2, 0.25) is 0 Å². The van der Waals surface area contributed by atoms with Crippen molar-refractivity contribution in [1.82, 2.24) is 4.98 Å². The smallest absolute Gasteiger partial charge is 0.311 e. The number of rotatable bonds is 6. The van der Waals surface area contributed by atoms with E-state index in [1.54, 1.807) is 13.2 Å². The summed E-state index contributed by atoms with van der Waals surface area (Å²) >= 11 is 1.50. The summed E-state index contributed by atoms with van der Waals surface area (Å²) in [4.78, 5) is 13.9. The molecule has 7 heteroatoms. The topological polar surface area (TPSA) is 91.3 Å². The molecule has 6 nitrogen and oxygen atoms in total. The van der Waals surface area contributed by atoms with Gasteiger partial charge in [0.05, 0.1) is 9.95 Å². The molecule has 1 aromatic heterocycles. The van der Waals surface area contributed by atoms with E-state index in [9.17, 15) is 10.1 Å². The van der Waals surface area contributed by atoms with E-state index in [-0.39, 0.29) is 11.5 Å². The van der Waals surface area contributed by atoms with Crippen LogP contribution in [0, 0.1) is 10.1 Å². The zero-order chi connectivity index (χ0) is 12.0. The first kappa shape index (κ1) is 12.7. The van der Waals surface area contributed by atoms with Gasteiger partial charge >= 0.3 is 5.69 Å². The molecule has 0 saturated heterocycles. The first-order valence-corrected chi connectivity index (χ1v) is 5.66. The van der Waals surface area contributed by atoms with Crippen LogP contribution < -0.4 is 5.73 Å². The third-order valence-electron chi connectivity index (χ3n) is 1.82. The van der Waals surface area contributed by atoms with Crippen LogP contribution in [0.4, 0.5) is 11.5 Å². The minimum Gasteiger partial charge on any atom is -0.385 e. The van der Waals surface area contributed by atoms with Gasteiger partial charge in [0, 0.05) is 25.5 Å². The average Bonchev–Trinajstić information content (AvgIpc) is 2.24. The molecule has 16 heavy (non-hydrogen) atoms. The molecule has 0 fully saturated rings. The molecule has 1 aromatic rings. The largest absolute Gasteiger partial charge is 0.385 e. The Kier molecular flexibility index (Phi) is 5.00. The van der Waals surface area contributed by atoms with Crippen molar-refractivity contribution in [3.63, 3.8) is 0 Å². The molecule has 1 rings (SSSR count). The molecule has 1 heterocycles.